The maximum Gasteiger partial charge on any atom is 0.392 e. The lowest BCUT2D eigenvalue weighted by molar-refractivity contribution is -0.132. The molecule has 3 amide bonds. The van der Waals surface area contributed by atoms with Crippen molar-refractivity contribution in [3.05, 3.63) is 12.2 Å². The van der Waals surface area contributed by atoms with Gasteiger partial charge in [-0.25, -0.2) is 15.5 Å². The third-order valence-electron chi connectivity index (χ3n) is 2.68. The van der Waals surface area contributed by atoms with Crippen LogP contribution in [0.25, 0.3) is 0 Å². The first kappa shape index (κ1) is 24.5. The number of carboxylic acids is 1. The Morgan fingerprint density at radius 1 is 0.926 bits per heavy atom. The molecule has 150 valence electrons. The molecule has 0 fully saturated rings. The fourth-order valence-corrected chi connectivity index (χ4v) is 1.61. The van der Waals surface area contributed by atoms with E-state index in [0.29, 0.717) is 6.08 Å². The third kappa shape index (κ3) is 15.5. The Labute approximate surface area is 156 Å². The molecular weight excluding hydrogens is 362 g/mol. The number of rotatable bonds is 13. The number of nitrogens with one attached hydrogen (secondary N) is 5. The van der Waals surface area contributed by atoms with E-state index < -0.39 is 37.8 Å². The van der Waals surface area contributed by atoms with Crippen LogP contribution in [-0.2, 0) is 19.2 Å². The van der Waals surface area contributed by atoms with Crippen molar-refractivity contribution in [3.63, 3.8) is 0 Å². The van der Waals surface area contributed by atoms with E-state index in [9.17, 15) is 19.2 Å². The molecule has 0 heterocycles. The molecule has 0 unspecified atom stereocenters. The van der Waals surface area contributed by atoms with Crippen molar-refractivity contribution in [2.24, 2.45) is 0 Å². The summed E-state index contributed by atoms with van der Waals surface area (Å²) in [6.07, 6.45) is 1.52. The Balaban J connectivity index is 4.57. The Morgan fingerprint density at radius 3 is 1.81 bits per heavy atom. The largest absolute Gasteiger partial charge is 0.478 e. The van der Waals surface area contributed by atoms with Gasteiger partial charge in [0.1, 0.15) is 0 Å². The molecule has 13 nitrogen and oxygen atoms in total. The maximum atomic E-state index is 11.8. The second-order valence-electron chi connectivity index (χ2n) is 5.41. The summed E-state index contributed by atoms with van der Waals surface area (Å²) < 4.78 is 0. The van der Waals surface area contributed by atoms with Crippen LogP contribution in [0.2, 0.25) is 13.6 Å². The Morgan fingerprint density at radius 2 is 1.41 bits per heavy atom. The van der Waals surface area contributed by atoms with Gasteiger partial charge in [0.25, 0.3) is 0 Å². The normalized spacial score (nSPS) is 10.6. The molecule has 15 heteroatoms. The van der Waals surface area contributed by atoms with Crippen LogP contribution < -0.4 is 26.8 Å². The highest BCUT2D eigenvalue weighted by atomic mass is 16.4. The summed E-state index contributed by atoms with van der Waals surface area (Å²) in [7, 11) is -1.94. The number of carboxylic acid groups (broad SMARTS) is 1. The number of hydrazine groups is 2. The standard InChI is InChI=1S/C12H24B2N6O7/c1-13(26)18-16-10(22)7-20(8-11(23)17-19-14(2)27)6-5-15-9(21)3-4-12(24)25/h3-4,18-19,26-27H,5-8H2,1-2H3,(H,15,21)(H,16,22)(H,17,23)(H,24,25). The molecule has 8 N–H and O–H groups in total. The van der Waals surface area contributed by atoms with Gasteiger partial charge in [0.05, 0.1) is 13.1 Å². The predicted molar refractivity (Wildman–Crippen MR) is 96.5 cm³/mol. The molecule has 0 saturated carbocycles. The number of hydrogen-bond acceptors (Lipinski definition) is 9. The Bertz CT molecular complexity index is 520. The van der Waals surface area contributed by atoms with Gasteiger partial charge >= 0.3 is 20.1 Å². The summed E-state index contributed by atoms with van der Waals surface area (Å²) in [5.41, 5.74) is 4.47. The molecule has 0 aromatic carbocycles. The number of carbonyl (C=O) groups is 4. The summed E-state index contributed by atoms with van der Waals surface area (Å²) in [5, 5.41) is 33.6. The van der Waals surface area contributed by atoms with Crippen LogP contribution in [0.1, 0.15) is 0 Å². The molecular formula is C12H24B2N6O7. The van der Waals surface area contributed by atoms with Crippen molar-refractivity contribution in [2.45, 2.75) is 13.6 Å². The molecule has 0 aliphatic carbocycles. The van der Waals surface area contributed by atoms with Crippen molar-refractivity contribution in [2.75, 3.05) is 26.2 Å². The van der Waals surface area contributed by atoms with Gasteiger partial charge in [0.2, 0.25) is 17.7 Å². The van der Waals surface area contributed by atoms with Crippen molar-refractivity contribution in [1.29, 1.82) is 0 Å². The topological polar surface area (TPSA) is 192 Å². The fourth-order valence-electron chi connectivity index (χ4n) is 1.61. The lowest BCUT2D eigenvalue weighted by Crippen LogP contribution is -2.53. The second-order valence-corrected chi connectivity index (χ2v) is 5.41. The summed E-state index contributed by atoms with van der Waals surface area (Å²) >= 11 is 0. The van der Waals surface area contributed by atoms with Crippen LogP contribution in [0.5, 0.6) is 0 Å². The highest BCUT2D eigenvalue weighted by Crippen LogP contribution is 1.88. The highest BCUT2D eigenvalue weighted by Gasteiger charge is 2.16. The molecule has 0 atom stereocenters. The van der Waals surface area contributed by atoms with E-state index in [-0.39, 0.29) is 26.2 Å². The molecule has 27 heavy (non-hydrogen) atoms. The van der Waals surface area contributed by atoms with E-state index in [4.69, 9.17) is 15.2 Å². The Kier molecular flexibility index (Phi) is 12.5. The zero-order chi connectivity index (χ0) is 20.8. The first-order chi connectivity index (χ1) is 12.6. The monoisotopic (exact) mass is 386 g/mol. The lowest BCUT2D eigenvalue weighted by Gasteiger charge is -2.21. The van der Waals surface area contributed by atoms with Gasteiger partial charge < -0.3 is 20.5 Å². The van der Waals surface area contributed by atoms with E-state index in [1.165, 1.54) is 18.5 Å². The van der Waals surface area contributed by atoms with Crippen LogP contribution in [0.4, 0.5) is 0 Å². The van der Waals surface area contributed by atoms with E-state index in [0.717, 1.165) is 6.08 Å². The van der Waals surface area contributed by atoms with E-state index in [2.05, 4.69) is 26.8 Å². The van der Waals surface area contributed by atoms with Crippen LogP contribution in [0.15, 0.2) is 12.2 Å². The number of carbonyl (C=O) groups excluding carboxylic acids is 3. The summed E-state index contributed by atoms with van der Waals surface area (Å²) in [6, 6.07) is 0. The average Bonchev–Trinajstić information content (AvgIpc) is 2.56. The summed E-state index contributed by atoms with van der Waals surface area (Å²) in [6.45, 7) is 2.46. The number of amides is 3. The molecule has 0 rings (SSSR count). The van der Waals surface area contributed by atoms with Crippen LogP contribution in [0, 0.1) is 0 Å². The molecule has 0 spiro atoms. The van der Waals surface area contributed by atoms with Gasteiger partial charge in [-0.1, -0.05) is 0 Å². The first-order valence-electron chi connectivity index (χ1n) is 7.96. The van der Waals surface area contributed by atoms with Crippen LogP contribution in [0.3, 0.4) is 0 Å². The SMILES string of the molecule is CB(O)NNC(=O)CN(CCNC(=O)C=CC(=O)O)CC(=O)NNB(C)O. The smallest absolute Gasteiger partial charge is 0.392 e. The lowest BCUT2D eigenvalue weighted by atomic mass is 9.91. The minimum atomic E-state index is -1.27. The fraction of sp³-hybridized carbons (Fsp3) is 0.500. The second kappa shape index (κ2) is 13.7. The zero-order valence-electron chi connectivity index (χ0n) is 15.1. The van der Waals surface area contributed by atoms with Gasteiger partial charge in [0.15, 0.2) is 0 Å². The van der Waals surface area contributed by atoms with Crippen molar-refractivity contribution < 1.29 is 34.3 Å². The summed E-state index contributed by atoms with van der Waals surface area (Å²) in [5.74, 6) is -2.98. The van der Waals surface area contributed by atoms with E-state index in [1.807, 2.05) is 0 Å². The summed E-state index contributed by atoms with van der Waals surface area (Å²) in [4.78, 5) is 46.7. The minimum absolute atomic E-state index is 0.0387. The predicted octanol–water partition coefficient (Wildman–Crippen LogP) is -4.49. The highest BCUT2D eigenvalue weighted by molar-refractivity contribution is 6.45. The number of nitrogens with zero attached hydrogens (tertiary/aromatic N) is 1. The number of aliphatic carboxylic acids is 1. The van der Waals surface area contributed by atoms with Gasteiger partial charge in [-0.2, -0.15) is 0 Å². The molecule has 0 saturated heterocycles. The van der Waals surface area contributed by atoms with Gasteiger partial charge in [-0.15, -0.1) is 0 Å². The average molecular weight is 386 g/mol. The zero-order valence-corrected chi connectivity index (χ0v) is 15.1. The molecule has 0 radical (unpaired) electrons. The van der Waals surface area contributed by atoms with E-state index in [1.54, 1.807) is 0 Å². The minimum Gasteiger partial charge on any atom is -0.478 e. The molecule has 0 aliphatic rings. The molecule has 0 aliphatic heterocycles. The van der Waals surface area contributed by atoms with Crippen LogP contribution >= 0.6 is 0 Å². The Hall–Kier alpha value is -2.45. The van der Waals surface area contributed by atoms with E-state index >= 15 is 0 Å². The first-order valence-corrected chi connectivity index (χ1v) is 7.96. The molecule has 0 aromatic rings. The van der Waals surface area contributed by atoms with Gasteiger partial charge in [-0.05, 0) is 13.6 Å². The van der Waals surface area contributed by atoms with Gasteiger partial charge in [0, 0.05) is 25.2 Å². The van der Waals surface area contributed by atoms with Crippen molar-refractivity contribution in [3.8, 4) is 0 Å². The quantitative estimate of drug-likeness (QED) is 0.0869. The van der Waals surface area contributed by atoms with Crippen molar-refractivity contribution in [1.82, 2.24) is 31.7 Å². The van der Waals surface area contributed by atoms with Crippen LogP contribution in [-0.4, -0.2) is 84.0 Å². The van der Waals surface area contributed by atoms with Crippen molar-refractivity contribution >= 4 is 37.8 Å². The number of hydrogen-bond donors (Lipinski definition) is 8. The van der Waals surface area contributed by atoms with Gasteiger partial charge in [-0.3, -0.25) is 30.1 Å². The molecule has 0 bridgehead atoms. The molecule has 0 aromatic heterocycles. The third-order valence-corrected chi connectivity index (χ3v) is 2.68. The maximum absolute atomic E-state index is 11.8.